The second-order valence-corrected chi connectivity index (χ2v) is 8.19. The van der Waals surface area contributed by atoms with Crippen LogP contribution >= 0.6 is 11.6 Å². The van der Waals surface area contributed by atoms with Gasteiger partial charge < -0.3 is 4.74 Å². The maximum atomic E-state index is 13.4. The number of benzene rings is 3. The Hall–Kier alpha value is -3.64. The lowest BCUT2D eigenvalue weighted by Crippen LogP contribution is -2.54. The van der Waals surface area contributed by atoms with Gasteiger partial charge in [-0.1, -0.05) is 48.0 Å². The van der Waals surface area contributed by atoms with Gasteiger partial charge in [0.15, 0.2) is 0 Å². The van der Waals surface area contributed by atoms with E-state index in [1.54, 1.807) is 19.1 Å². The normalized spacial score (nSPS) is 15.6. The van der Waals surface area contributed by atoms with E-state index >= 15 is 0 Å². The number of urea groups is 1. The predicted octanol–water partition coefficient (Wildman–Crippen LogP) is 5.26. The first kappa shape index (κ1) is 21.6. The van der Waals surface area contributed by atoms with Gasteiger partial charge in [-0.3, -0.25) is 14.9 Å². The Morgan fingerprint density at radius 3 is 2.53 bits per heavy atom. The fourth-order valence-corrected chi connectivity index (χ4v) is 3.79. The molecule has 0 bridgehead atoms. The molecule has 0 saturated carbocycles. The van der Waals surface area contributed by atoms with Gasteiger partial charge in [0.25, 0.3) is 11.8 Å². The smallest absolute Gasteiger partial charge is 0.335 e. The third-order valence-corrected chi connectivity index (χ3v) is 5.33. The summed E-state index contributed by atoms with van der Waals surface area (Å²) in [5.74, 6) is -0.957. The molecule has 1 fully saturated rings. The molecule has 0 unspecified atom stereocenters. The van der Waals surface area contributed by atoms with Crippen LogP contribution in [0, 0.1) is 6.92 Å². The average molecular weight is 449 g/mol. The van der Waals surface area contributed by atoms with Gasteiger partial charge in [0, 0.05) is 10.6 Å². The van der Waals surface area contributed by atoms with Crippen molar-refractivity contribution < 1.29 is 19.1 Å². The van der Waals surface area contributed by atoms with Gasteiger partial charge in [-0.2, -0.15) is 0 Å². The van der Waals surface area contributed by atoms with Gasteiger partial charge in [-0.05, 0) is 61.4 Å². The Bertz CT molecular complexity index is 1300. The zero-order valence-electron chi connectivity index (χ0n) is 17.8. The molecule has 162 valence electrons. The molecule has 0 aliphatic carbocycles. The first-order valence-electron chi connectivity index (χ1n) is 10.1. The quantitative estimate of drug-likeness (QED) is 0.436. The van der Waals surface area contributed by atoms with Crippen LogP contribution in [-0.2, 0) is 9.59 Å². The number of carbonyl (C=O) groups excluding carboxylic acids is 3. The number of fused-ring (bicyclic) bond motifs is 1. The van der Waals surface area contributed by atoms with Gasteiger partial charge >= 0.3 is 6.03 Å². The van der Waals surface area contributed by atoms with Crippen molar-refractivity contribution >= 4 is 52.0 Å². The summed E-state index contributed by atoms with van der Waals surface area (Å²) in [6.45, 7) is 5.55. The standard InChI is InChI=1S/C25H21ClN2O4/c1-14(2)32-22-11-9-16-6-4-5-7-18(16)19(22)13-20-23(29)27-25(31)28(24(20)30)21-12-17(26)10-8-15(21)3/h4-14H,1-3H3,(H,27,29,31)/b20-13+. The second kappa shape index (κ2) is 8.48. The Morgan fingerprint density at radius 2 is 1.78 bits per heavy atom. The van der Waals surface area contributed by atoms with Crippen molar-refractivity contribution in [3.05, 3.63) is 76.3 Å². The Balaban J connectivity index is 1.89. The highest BCUT2D eigenvalue weighted by molar-refractivity contribution is 6.40. The van der Waals surface area contributed by atoms with Crippen molar-refractivity contribution in [1.82, 2.24) is 5.32 Å². The minimum atomic E-state index is -0.820. The molecule has 1 heterocycles. The van der Waals surface area contributed by atoms with E-state index in [1.807, 2.05) is 50.2 Å². The number of ether oxygens (including phenoxy) is 1. The number of aryl methyl sites for hydroxylation is 1. The molecule has 1 N–H and O–H groups in total. The van der Waals surface area contributed by atoms with E-state index in [0.29, 0.717) is 27.6 Å². The number of carbonyl (C=O) groups is 3. The Kier molecular flexibility index (Phi) is 5.72. The lowest BCUT2D eigenvalue weighted by Gasteiger charge is -2.28. The van der Waals surface area contributed by atoms with E-state index < -0.39 is 17.8 Å². The summed E-state index contributed by atoms with van der Waals surface area (Å²) < 4.78 is 5.95. The van der Waals surface area contributed by atoms with Crippen LogP contribution in [0.5, 0.6) is 5.75 Å². The molecule has 7 heteroatoms. The molecule has 4 rings (SSSR count). The molecule has 4 amide bonds. The first-order valence-corrected chi connectivity index (χ1v) is 10.5. The lowest BCUT2D eigenvalue weighted by atomic mass is 9.99. The number of amides is 4. The Labute approximate surface area is 190 Å². The molecule has 0 aromatic heterocycles. The summed E-state index contributed by atoms with van der Waals surface area (Å²) in [6.07, 6.45) is 1.37. The highest BCUT2D eigenvalue weighted by Crippen LogP contribution is 2.33. The molecule has 1 aliphatic rings. The van der Waals surface area contributed by atoms with E-state index in [9.17, 15) is 14.4 Å². The van der Waals surface area contributed by atoms with Crippen LogP contribution < -0.4 is 15.0 Å². The summed E-state index contributed by atoms with van der Waals surface area (Å²) in [4.78, 5) is 39.6. The molecule has 6 nitrogen and oxygen atoms in total. The van der Waals surface area contributed by atoms with Crippen molar-refractivity contribution in [2.45, 2.75) is 26.9 Å². The zero-order valence-corrected chi connectivity index (χ0v) is 18.6. The van der Waals surface area contributed by atoms with Crippen molar-refractivity contribution in [3.63, 3.8) is 0 Å². The topological polar surface area (TPSA) is 75.7 Å². The van der Waals surface area contributed by atoms with E-state index in [2.05, 4.69) is 5.32 Å². The zero-order chi connectivity index (χ0) is 23.0. The van der Waals surface area contributed by atoms with E-state index in [0.717, 1.165) is 15.7 Å². The maximum Gasteiger partial charge on any atom is 0.335 e. The number of anilines is 1. The second-order valence-electron chi connectivity index (χ2n) is 7.75. The fourth-order valence-electron chi connectivity index (χ4n) is 3.63. The number of hydrogen-bond acceptors (Lipinski definition) is 4. The number of nitrogens with one attached hydrogen (secondary N) is 1. The highest BCUT2D eigenvalue weighted by Gasteiger charge is 2.37. The van der Waals surface area contributed by atoms with Gasteiger partial charge in [0.1, 0.15) is 11.3 Å². The number of halogens is 1. The summed E-state index contributed by atoms with van der Waals surface area (Å²) >= 11 is 6.09. The molecular formula is C25H21ClN2O4. The van der Waals surface area contributed by atoms with Crippen LogP contribution in [-0.4, -0.2) is 23.9 Å². The van der Waals surface area contributed by atoms with Crippen LogP contribution in [0.1, 0.15) is 25.0 Å². The molecule has 3 aromatic carbocycles. The van der Waals surface area contributed by atoms with Crippen molar-refractivity contribution in [1.29, 1.82) is 0 Å². The van der Waals surface area contributed by atoms with Crippen LogP contribution in [0.2, 0.25) is 5.02 Å². The molecule has 32 heavy (non-hydrogen) atoms. The van der Waals surface area contributed by atoms with Crippen LogP contribution in [0.15, 0.2) is 60.2 Å². The highest BCUT2D eigenvalue weighted by atomic mass is 35.5. The lowest BCUT2D eigenvalue weighted by molar-refractivity contribution is -0.122. The van der Waals surface area contributed by atoms with Crippen LogP contribution in [0.25, 0.3) is 16.8 Å². The average Bonchev–Trinajstić information content (AvgIpc) is 2.74. The number of rotatable bonds is 4. The van der Waals surface area contributed by atoms with Crippen LogP contribution in [0.3, 0.4) is 0 Å². The molecule has 0 spiro atoms. The predicted molar refractivity (Wildman–Crippen MR) is 125 cm³/mol. The fraction of sp³-hybridized carbons (Fsp3) is 0.160. The first-order chi connectivity index (χ1) is 15.3. The molecule has 1 aliphatic heterocycles. The van der Waals surface area contributed by atoms with Crippen molar-refractivity contribution in [3.8, 4) is 5.75 Å². The van der Waals surface area contributed by atoms with E-state index in [4.69, 9.17) is 16.3 Å². The molecule has 1 saturated heterocycles. The third-order valence-electron chi connectivity index (χ3n) is 5.10. The molecular weight excluding hydrogens is 428 g/mol. The van der Waals surface area contributed by atoms with Gasteiger partial charge in [-0.25, -0.2) is 9.69 Å². The SMILES string of the molecule is Cc1ccc(Cl)cc1N1C(=O)NC(=O)/C(=C\c2c(OC(C)C)ccc3ccccc23)C1=O. The summed E-state index contributed by atoms with van der Waals surface area (Å²) in [5, 5.41) is 4.38. The summed E-state index contributed by atoms with van der Waals surface area (Å²) in [5.41, 5.74) is 1.40. The number of barbiturate groups is 1. The molecule has 0 atom stereocenters. The molecule has 3 aromatic rings. The monoisotopic (exact) mass is 448 g/mol. The minimum absolute atomic E-state index is 0.114. The van der Waals surface area contributed by atoms with Crippen molar-refractivity contribution in [2.24, 2.45) is 0 Å². The number of imide groups is 2. The number of nitrogens with zero attached hydrogens (tertiary/aromatic N) is 1. The summed E-state index contributed by atoms with van der Waals surface area (Å²) in [6, 6.07) is 15.4. The third kappa shape index (κ3) is 3.97. The van der Waals surface area contributed by atoms with Crippen molar-refractivity contribution in [2.75, 3.05) is 4.90 Å². The van der Waals surface area contributed by atoms with Gasteiger partial charge in [-0.15, -0.1) is 0 Å². The summed E-state index contributed by atoms with van der Waals surface area (Å²) in [7, 11) is 0. The van der Waals surface area contributed by atoms with Gasteiger partial charge in [0.05, 0.1) is 11.8 Å². The largest absolute Gasteiger partial charge is 0.490 e. The van der Waals surface area contributed by atoms with Gasteiger partial charge in [0.2, 0.25) is 0 Å². The molecule has 0 radical (unpaired) electrons. The van der Waals surface area contributed by atoms with E-state index in [-0.39, 0.29) is 11.7 Å². The number of hydrogen-bond donors (Lipinski definition) is 1. The maximum absolute atomic E-state index is 13.4. The van der Waals surface area contributed by atoms with Crippen LogP contribution in [0.4, 0.5) is 10.5 Å². The van der Waals surface area contributed by atoms with E-state index in [1.165, 1.54) is 12.1 Å². The minimum Gasteiger partial charge on any atom is -0.490 e. The Morgan fingerprint density at radius 1 is 1.03 bits per heavy atom.